The lowest BCUT2D eigenvalue weighted by molar-refractivity contribution is -0.274. The Morgan fingerprint density at radius 3 is 2.42 bits per heavy atom. The van der Waals surface area contributed by atoms with Crippen LogP contribution in [-0.4, -0.2) is 27.8 Å². The Hall–Kier alpha value is -3.74. The zero-order valence-corrected chi connectivity index (χ0v) is 16.9. The van der Waals surface area contributed by atoms with E-state index in [0.717, 1.165) is 0 Å². The Morgan fingerprint density at radius 1 is 1.16 bits per heavy atom. The number of hydrogen-bond donors (Lipinski definition) is 1. The molecule has 1 heterocycles. The van der Waals surface area contributed by atoms with E-state index in [2.05, 4.69) is 21.2 Å². The molecule has 162 valence electrons. The second-order valence-corrected chi connectivity index (χ2v) is 7.57. The van der Waals surface area contributed by atoms with Crippen LogP contribution in [0.2, 0.25) is 0 Å². The van der Waals surface area contributed by atoms with Gasteiger partial charge in [0, 0.05) is 5.39 Å². The normalized spacial score (nSPS) is 11.8. The number of alkyl carbamates (subject to hydrolysis) is 1. The number of hydrogen-bond acceptors (Lipinski definition) is 5. The maximum Gasteiger partial charge on any atom is 0.573 e. The average Bonchev–Trinajstić information content (AvgIpc) is 3.03. The zero-order chi connectivity index (χ0) is 22.8. The number of rotatable bonds is 4. The highest BCUT2D eigenvalue weighted by Gasteiger charge is 2.31. The summed E-state index contributed by atoms with van der Waals surface area (Å²) in [5.41, 5.74) is 1.10. The Bertz CT molecular complexity index is 1140. The summed E-state index contributed by atoms with van der Waals surface area (Å²) >= 11 is 0. The lowest BCUT2D eigenvalue weighted by atomic mass is 10.1. The molecule has 7 nitrogen and oxygen atoms in total. The first kappa shape index (κ1) is 22.0. The number of carbonyl (C=O) groups excluding carboxylic acids is 1. The van der Waals surface area contributed by atoms with E-state index < -0.39 is 18.1 Å². The first-order valence-corrected chi connectivity index (χ1v) is 9.20. The molecule has 3 aromatic rings. The molecule has 0 radical (unpaired) electrons. The molecule has 0 aliphatic rings. The van der Waals surface area contributed by atoms with Gasteiger partial charge in [-0.3, -0.25) is 0 Å². The largest absolute Gasteiger partial charge is 0.573 e. The first-order valence-electron chi connectivity index (χ1n) is 9.20. The van der Waals surface area contributed by atoms with Gasteiger partial charge in [-0.1, -0.05) is 6.07 Å². The summed E-state index contributed by atoms with van der Waals surface area (Å²) in [4.78, 5) is 12.0. The van der Waals surface area contributed by atoms with Gasteiger partial charge in [0.25, 0.3) is 0 Å². The molecule has 0 fully saturated rings. The molecular formula is C21H19F3N4O3. The highest BCUT2D eigenvalue weighted by atomic mass is 19.4. The van der Waals surface area contributed by atoms with Crippen LogP contribution >= 0.6 is 0 Å². The van der Waals surface area contributed by atoms with Gasteiger partial charge in [0.2, 0.25) is 0 Å². The molecule has 31 heavy (non-hydrogen) atoms. The van der Waals surface area contributed by atoms with Crippen LogP contribution in [0, 0.1) is 11.3 Å². The van der Waals surface area contributed by atoms with Crippen molar-refractivity contribution in [2.45, 2.75) is 39.3 Å². The number of nitrogens with zero attached hydrogens (tertiary/aromatic N) is 3. The van der Waals surface area contributed by atoms with Crippen LogP contribution in [0.4, 0.5) is 18.0 Å². The molecule has 0 atom stereocenters. The summed E-state index contributed by atoms with van der Waals surface area (Å²) in [5, 5.41) is 17.1. The van der Waals surface area contributed by atoms with Crippen molar-refractivity contribution in [1.29, 1.82) is 5.26 Å². The predicted octanol–water partition coefficient (Wildman–Crippen LogP) is 4.82. The SMILES string of the molecule is CC(C)(C)OC(=O)NCc1nn(-c2ccc(OC(F)(F)F)cc2)c2cccc(C#N)c12. The number of nitriles is 1. The van der Waals surface area contributed by atoms with Gasteiger partial charge in [-0.25, -0.2) is 9.48 Å². The molecule has 1 amide bonds. The standard InChI is InChI=1S/C21H19F3N4O3/c1-20(2,3)31-19(29)26-12-16-18-13(11-25)5-4-6-17(18)28(27-16)14-7-9-15(10-8-14)30-21(22,23)24/h4-10H,12H2,1-3H3,(H,26,29). The molecule has 0 saturated carbocycles. The molecule has 0 bridgehead atoms. The molecule has 0 aliphatic carbocycles. The number of fused-ring (bicyclic) bond motifs is 1. The molecule has 0 saturated heterocycles. The number of aromatic nitrogens is 2. The molecule has 2 aromatic carbocycles. The fraction of sp³-hybridized carbons (Fsp3) is 0.286. The summed E-state index contributed by atoms with van der Waals surface area (Å²) in [5.74, 6) is -0.364. The van der Waals surface area contributed by atoms with Crippen molar-refractivity contribution in [2.24, 2.45) is 0 Å². The van der Waals surface area contributed by atoms with Gasteiger partial charge in [-0.05, 0) is 57.2 Å². The van der Waals surface area contributed by atoms with E-state index in [1.165, 1.54) is 28.9 Å². The Morgan fingerprint density at radius 2 is 1.84 bits per heavy atom. The topological polar surface area (TPSA) is 89.2 Å². The van der Waals surface area contributed by atoms with Crippen molar-refractivity contribution < 1.29 is 27.4 Å². The average molecular weight is 432 g/mol. The van der Waals surface area contributed by atoms with Crippen LogP contribution in [0.25, 0.3) is 16.6 Å². The summed E-state index contributed by atoms with van der Waals surface area (Å²) in [6, 6.07) is 12.3. The maximum atomic E-state index is 12.4. The summed E-state index contributed by atoms with van der Waals surface area (Å²) in [6.45, 7) is 5.19. The van der Waals surface area contributed by atoms with Crippen molar-refractivity contribution in [3.63, 3.8) is 0 Å². The number of halogens is 3. The van der Waals surface area contributed by atoms with E-state index in [4.69, 9.17) is 4.74 Å². The summed E-state index contributed by atoms with van der Waals surface area (Å²) < 4.78 is 47.8. The molecule has 0 spiro atoms. The van der Waals surface area contributed by atoms with Crippen molar-refractivity contribution >= 4 is 17.0 Å². The van der Waals surface area contributed by atoms with Gasteiger partial charge >= 0.3 is 12.5 Å². The van der Waals surface area contributed by atoms with Gasteiger partial charge < -0.3 is 14.8 Å². The second kappa shape index (κ2) is 8.18. The smallest absolute Gasteiger partial charge is 0.444 e. The second-order valence-electron chi connectivity index (χ2n) is 7.57. The number of alkyl halides is 3. The van der Waals surface area contributed by atoms with Gasteiger partial charge in [0.15, 0.2) is 0 Å². The van der Waals surface area contributed by atoms with Gasteiger partial charge in [0.05, 0.1) is 35.1 Å². The van der Waals surface area contributed by atoms with Crippen LogP contribution in [0.5, 0.6) is 5.75 Å². The van der Waals surface area contributed by atoms with Crippen molar-refractivity contribution in [3.05, 3.63) is 53.7 Å². The zero-order valence-electron chi connectivity index (χ0n) is 16.9. The van der Waals surface area contributed by atoms with E-state index in [1.807, 2.05) is 0 Å². The Labute approximate surface area is 176 Å². The third kappa shape index (κ3) is 5.45. The number of benzene rings is 2. The third-order valence-electron chi connectivity index (χ3n) is 4.01. The lowest BCUT2D eigenvalue weighted by Gasteiger charge is -2.19. The van der Waals surface area contributed by atoms with Crippen LogP contribution in [0.3, 0.4) is 0 Å². The minimum absolute atomic E-state index is 0.00756. The molecule has 10 heteroatoms. The van der Waals surface area contributed by atoms with E-state index in [0.29, 0.717) is 27.8 Å². The maximum absolute atomic E-state index is 12.4. The third-order valence-corrected chi connectivity index (χ3v) is 4.01. The Kier molecular flexibility index (Phi) is 5.79. The minimum Gasteiger partial charge on any atom is -0.444 e. The fourth-order valence-electron chi connectivity index (χ4n) is 2.92. The van der Waals surface area contributed by atoms with Gasteiger partial charge in [-0.15, -0.1) is 13.2 Å². The molecule has 1 N–H and O–H groups in total. The van der Waals surface area contributed by atoms with Crippen LogP contribution < -0.4 is 10.1 Å². The van der Waals surface area contributed by atoms with Crippen LogP contribution in [0.1, 0.15) is 32.0 Å². The van der Waals surface area contributed by atoms with E-state index in [-0.39, 0.29) is 12.3 Å². The first-order chi connectivity index (χ1) is 14.5. The summed E-state index contributed by atoms with van der Waals surface area (Å²) in [6.07, 6.45) is -5.43. The van der Waals surface area contributed by atoms with Crippen molar-refractivity contribution in [1.82, 2.24) is 15.1 Å². The molecule has 3 rings (SSSR count). The number of carbonyl (C=O) groups is 1. The Balaban J connectivity index is 1.96. The minimum atomic E-state index is -4.79. The molecule has 0 aliphatic heterocycles. The van der Waals surface area contributed by atoms with Gasteiger partial charge in [-0.2, -0.15) is 10.4 Å². The van der Waals surface area contributed by atoms with Crippen LogP contribution in [-0.2, 0) is 11.3 Å². The van der Waals surface area contributed by atoms with Gasteiger partial charge in [0.1, 0.15) is 11.4 Å². The van der Waals surface area contributed by atoms with E-state index in [9.17, 15) is 23.2 Å². The molecule has 1 aromatic heterocycles. The number of nitrogens with one attached hydrogen (secondary N) is 1. The lowest BCUT2D eigenvalue weighted by Crippen LogP contribution is -2.32. The van der Waals surface area contributed by atoms with Crippen molar-refractivity contribution in [3.8, 4) is 17.5 Å². The molecular weight excluding hydrogens is 413 g/mol. The van der Waals surface area contributed by atoms with Crippen LogP contribution in [0.15, 0.2) is 42.5 Å². The van der Waals surface area contributed by atoms with E-state index >= 15 is 0 Å². The quantitative estimate of drug-likeness (QED) is 0.639. The predicted molar refractivity (Wildman–Crippen MR) is 106 cm³/mol. The van der Waals surface area contributed by atoms with E-state index in [1.54, 1.807) is 39.0 Å². The summed E-state index contributed by atoms with van der Waals surface area (Å²) in [7, 11) is 0. The van der Waals surface area contributed by atoms with Crippen molar-refractivity contribution in [2.75, 3.05) is 0 Å². The monoisotopic (exact) mass is 432 g/mol. The number of ether oxygens (including phenoxy) is 2. The highest BCUT2D eigenvalue weighted by molar-refractivity contribution is 5.89. The molecule has 0 unspecified atom stereocenters. The highest BCUT2D eigenvalue weighted by Crippen LogP contribution is 2.28. The number of amides is 1. The fourth-order valence-corrected chi connectivity index (χ4v) is 2.92.